The molecule has 0 bridgehead atoms. The molecule has 1 saturated carbocycles. The number of hydrogen-bond donors (Lipinski definition) is 2. The van der Waals surface area contributed by atoms with Crippen molar-refractivity contribution < 1.29 is 19.2 Å². The van der Waals surface area contributed by atoms with Gasteiger partial charge in [-0.15, -0.1) is 0 Å². The lowest BCUT2D eigenvalue weighted by Crippen LogP contribution is -2.44. The van der Waals surface area contributed by atoms with Crippen LogP contribution in [0.3, 0.4) is 0 Å². The Hall–Kier alpha value is -2.90. The van der Waals surface area contributed by atoms with Crippen molar-refractivity contribution in [3.63, 3.8) is 0 Å². The van der Waals surface area contributed by atoms with Gasteiger partial charge in [-0.05, 0) is 37.3 Å². The predicted molar refractivity (Wildman–Crippen MR) is 113 cm³/mol. The van der Waals surface area contributed by atoms with E-state index in [9.17, 15) is 19.2 Å². The predicted octanol–water partition coefficient (Wildman–Crippen LogP) is 2.29. The molecule has 1 saturated heterocycles. The Morgan fingerprint density at radius 2 is 1.90 bits per heavy atom. The minimum absolute atomic E-state index is 0.0525. The summed E-state index contributed by atoms with van der Waals surface area (Å²) in [6, 6.07) is 7.21. The molecule has 8 nitrogen and oxygen atoms in total. The summed E-state index contributed by atoms with van der Waals surface area (Å²) in [7, 11) is 1.58. The van der Waals surface area contributed by atoms with E-state index in [1.165, 1.54) is 9.80 Å². The molecule has 1 heterocycles. The van der Waals surface area contributed by atoms with Crippen LogP contribution in [0.1, 0.15) is 51.0 Å². The second kappa shape index (κ2) is 9.28. The molecule has 8 heteroatoms. The monoisotopic (exact) mass is 414 g/mol. The quantitative estimate of drug-likeness (QED) is 0.638. The maximum atomic E-state index is 12.6. The Balaban J connectivity index is 1.44. The number of urea groups is 1. The van der Waals surface area contributed by atoms with Gasteiger partial charge in [0.05, 0.1) is 6.54 Å². The van der Waals surface area contributed by atoms with E-state index in [2.05, 4.69) is 10.6 Å². The largest absolute Gasteiger partial charge is 0.336 e. The zero-order valence-corrected chi connectivity index (χ0v) is 17.7. The molecule has 1 aliphatic heterocycles. The van der Waals surface area contributed by atoms with Gasteiger partial charge < -0.3 is 15.5 Å². The molecule has 1 spiro atoms. The second-order valence-electron chi connectivity index (χ2n) is 8.09. The van der Waals surface area contributed by atoms with E-state index >= 15 is 0 Å². The summed E-state index contributed by atoms with van der Waals surface area (Å²) in [6.07, 6.45) is 4.59. The van der Waals surface area contributed by atoms with Crippen molar-refractivity contribution in [2.75, 3.05) is 25.5 Å². The van der Waals surface area contributed by atoms with Crippen molar-refractivity contribution in [3.8, 4) is 0 Å². The van der Waals surface area contributed by atoms with Crippen molar-refractivity contribution >= 4 is 29.4 Å². The number of likely N-dealkylation sites (N-methyl/N-ethyl adjacent to an activating group) is 1. The van der Waals surface area contributed by atoms with Crippen LogP contribution < -0.4 is 10.6 Å². The average molecular weight is 415 g/mol. The Kier molecular flexibility index (Phi) is 6.74. The average Bonchev–Trinajstić information content (AvgIpc) is 3.28. The van der Waals surface area contributed by atoms with Crippen LogP contribution in [-0.4, -0.2) is 59.2 Å². The fourth-order valence-corrected chi connectivity index (χ4v) is 4.22. The Bertz CT molecular complexity index is 832. The van der Waals surface area contributed by atoms with E-state index in [0.717, 1.165) is 30.5 Å². The first-order valence-corrected chi connectivity index (χ1v) is 10.6. The normalized spacial score (nSPS) is 17.3. The lowest BCUT2D eigenvalue weighted by Gasteiger charge is -2.20. The fourth-order valence-electron chi connectivity index (χ4n) is 4.22. The molecule has 1 aromatic carbocycles. The fraction of sp³-hybridized carbons (Fsp3) is 0.545. The maximum Gasteiger partial charge on any atom is 0.325 e. The molecular formula is C22H30N4O4. The van der Waals surface area contributed by atoms with E-state index in [1.54, 1.807) is 7.05 Å². The van der Waals surface area contributed by atoms with Gasteiger partial charge in [-0.3, -0.25) is 19.3 Å². The van der Waals surface area contributed by atoms with Crippen LogP contribution in [0, 0.1) is 0 Å². The minimum atomic E-state index is -0.718. The van der Waals surface area contributed by atoms with Crippen molar-refractivity contribution in [1.29, 1.82) is 0 Å². The van der Waals surface area contributed by atoms with E-state index in [1.807, 2.05) is 31.2 Å². The molecule has 0 unspecified atom stereocenters. The van der Waals surface area contributed by atoms with Crippen molar-refractivity contribution in [2.24, 2.45) is 0 Å². The van der Waals surface area contributed by atoms with Crippen molar-refractivity contribution in [1.82, 2.24) is 15.1 Å². The number of nitrogens with zero attached hydrogens (tertiary/aromatic N) is 2. The molecule has 2 fully saturated rings. The van der Waals surface area contributed by atoms with E-state index < -0.39 is 5.54 Å². The third-order valence-corrected chi connectivity index (χ3v) is 5.95. The van der Waals surface area contributed by atoms with Gasteiger partial charge in [0, 0.05) is 25.7 Å². The minimum Gasteiger partial charge on any atom is -0.336 e. The number of hydrogen-bond acceptors (Lipinski definition) is 4. The van der Waals surface area contributed by atoms with Gasteiger partial charge in [-0.25, -0.2) is 4.79 Å². The summed E-state index contributed by atoms with van der Waals surface area (Å²) in [4.78, 5) is 52.1. The summed E-state index contributed by atoms with van der Waals surface area (Å²) in [5, 5.41) is 5.69. The van der Waals surface area contributed by atoms with E-state index in [-0.39, 0.29) is 43.3 Å². The number of anilines is 1. The highest BCUT2D eigenvalue weighted by Crippen LogP contribution is 2.35. The van der Waals surface area contributed by atoms with Crippen molar-refractivity contribution in [2.45, 2.75) is 57.4 Å². The number of aryl methyl sites for hydroxylation is 1. The zero-order valence-electron chi connectivity index (χ0n) is 17.7. The molecule has 3 rings (SSSR count). The smallest absolute Gasteiger partial charge is 0.325 e. The molecule has 2 N–H and O–H groups in total. The van der Waals surface area contributed by atoms with Gasteiger partial charge in [-0.2, -0.15) is 0 Å². The Labute approximate surface area is 177 Å². The summed E-state index contributed by atoms with van der Waals surface area (Å²) in [5.74, 6) is -0.625. The van der Waals surface area contributed by atoms with Crippen LogP contribution in [0.2, 0.25) is 0 Å². The van der Waals surface area contributed by atoms with Gasteiger partial charge in [0.15, 0.2) is 0 Å². The van der Waals surface area contributed by atoms with Gasteiger partial charge in [0.1, 0.15) is 5.54 Å². The van der Waals surface area contributed by atoms with Gasteiger partial charge in [-0.1, -0.05) is 38.0 Å². The summed E-state index contributed by atoms with van der Waals surface area (Å²) >= 11 is 0. The highest BCUT2D eigenvalue weighted by molar-refractivity contribution is 6.07. The molecule has 5 amide bonds. The number of amides is 5. The van der Waals surface area contributed by atoms with Crippen molar-refractivity contribution in [3.05, 3.63) is 29.8 Å². The van der Waals surface area contributed by atoms with Crippen LogP contribution in [-0.2, 0) is 20.8 Å². The number of para-hydroxylation sites is 1. The number of nitrogens with one attached hydrogen (secondary N) is 2. The van der Waals surface area contributed by atoms with Crippen LogP contribution in [0.4, 0.5) is 10.5 Å². The number of rotatable bonds is 8. The summed E-state index contributed by atoms with van der Waals surface area (Å²) in [6.45, 7) is 2.17. The number of carbonyl (C=O) groups is 4. The molecule has 1 aromatic rings. The maximum absolute atomic E-state index is 12.6. The van der Waals surface area contributed by atoms with Gasteiger partial charge in [0.25, 0.3) is 5.91 Å². The molecule has 0 aromatic heterocycles. The molecule has 30 heavy (non-hydrogen) atoms. The summed E-state index contributed by atoms with van der Waals surface area (Å²) in [5.41, 5.74) is 1.07. The zero-order chi connectivity index (χ0) is 21.7. The third-order valence-electron chi connectivity index (χ3n) is 5.95. The first kappa shape index (κ1) is 21.8. The second-order valence-corrected chi connectivity index (χ2v) is 8.09. The van der Waals surface area contributed by atoms with E-state index in [4.69, 9.17) is 0 Å². The third kappa shape index (κ3) is 4.63. The molecule has 0 radical (unpaired) electrons. The SMILES string of the molecule is CCc1ccccc1NC(=O)CN(C)C(=O)CCCN1C(=O)NC2(CCCC2)C1=O. The van der Waals surface area contributed by atoms with Crippen LogP contribution >= 0.6 is 0 Å². The number of benzene rings is 1. The highest BCUT2D eigenvalue weighted by Gasteiger charge is 2.52. The number of imide groups is 1. The van der Waals surface area contributed by atoms with Gasteiger partial charge in [0.2, 0.25) is 11.8 Å². The van der Waals surface area contributed by atoms with E-state index in [0.29, 0.717) is 19.3 Å². The van der Waals surface area contributed by atoms with Crippen LogP contribution in [0.15, 0.2) is 24.3 Å². The first-order chi connectivity index (χ1) is 14.4. The van der Waals surface area contributed by atoms with Crippen LogP contribution in [0.5, 0.6) is 0 Å². The summed E-state index contributed by atoms with van der Waals surface area (Å²) < 4.78 is 0. The standard InChI is InChI=1S/C22H30N4O4/c1-3-16-9-4-5-10-17(16)23-18(27)15-25(2)19(28)11-8-14-26-20(29)22(24-21(26)30)12-6-7-13-22/h4-5,9-10H,3,6-8,11-15H2,1-2H3,(H,23,27)(H,24,30). The molecule has 2 aliphatic rings. The first-order valence-electron chi connectivity index (χ1n) is 10.6. The topological polar surface area (TPSA) is 98.8 Å². The number of carbonyl (C=O) groups excluding carboxylic acids is 4. The lowest BCUT2D eigenvalue weighted by atomic mass is 9.98. The molecule has 1 aliphatic carbocycles. The van der Waals surface area contributed by atoms with Crippen LogP contribution in [0.25, 0.3) is 0 Å². The molecule has 162 valence electrons. The molecule has 0 atom stereocenters. The Morgan fingerprint density at radius 3 is 2.60 bits per heavy atom. The highest BCUT2D eigenvalue weighted by atomic mass is 16.2. The molecular weight excluding hydrogens is 384 g/mol. The lowest BCUT2D eigenvalue weighted by molar-refractivity contribution is -0.134. The van der Waals surface area contributed by atoms with Gasteiger partial charge >= 0.3 is 6.03 Å². The Morgan fingerprint density at radius 1 is 1.20 bits per heavy atom.